The molecule has 1 aromatic rings. The third kappa shape index (κ3) is 4.62. The van der Waals surface area contributed by atoms with E-state index >= 15 is 0 Å². The zero-order valence-corrected chi connectivity index (χ0v) is 9.27. The minimum atomic E-state index is -4.27. The summed E-state index contributed by atoms with van der Waals surface area (Å²) in [4.78, 5) is 10.6. The van der Waals surface area contributed by atoms with Gasteiger partial charge in [-0.1, -0.05) is 17.7 Å². The molecule has 0 amide bonds. The molecule has 0 fully saturated rings. The van der Waals surface area contributed by atoms with Crippen molar-refractivity contribution < 1.29 is 23.1 Å². The normalized spacial score (nSPS) is 11.5. The molecule has 2 N–H and O–H groups in total. The summed E-state index contributed by atoms with van der Waals surface area (Å²) in [6, 6.07) is 4.00. The molecule has 0 bridgehead atoms. The summed E-state index contributed by atoms with van der Waals surface area (Å²) < 4.78 is 35.5. The number of hydrogen-bond acceptors (Lipinski definition) is 2. The fourth-order valence-electron chi connectivity index (χ4n) is 1.19. The summed E-state index contributed by atoms with van der Waals surface area (Å²) in [7, 11) is 0. The second-order valence-electron chi connectivity index (χ2n) is 3.34. The molecule has 0 heterocycles. The number of halogens is 4. The molecular formula is C10H9ClF3NO2. The van der Waals surface area contributed by atoms with E-state index in [-0.39, 0.29) is 17.1 Å². The number of rotatable bonds is 4. The van der Waals surface area contributed by atoms with Crippen molar-refractivity contribution >= 4 is 17.6 Å². The Morgan fingerprint density at radius 3 is 2.53 bits per heavy atom. The molecule has 0 spiro atoms. The fourth-order valence-corrected chi connectivity index (χ4v) is 1.47. The summed E-state index contributed by atoms with van der Waals surface area (Å²) in [6.07, 6.45) is -4.27. The van der Waals surface area contributed by atoms with Crippen LogP contribution in [0.15, 0.2) is 18.2 Å². The molecule has 0 aliphatic carbocycles. The zero-order chi connectivity index (χ0) is 13.1. The molecule has 3 nitrogen and oxygen atoms in total. The first-order valence-corrected chi connectivity index (χ1v) is 4.96. The highest BCUT2D eigenvalue weighted by molar-refractivity contribution is 6.33. The molecule has 0 aromatic heterocycles. The number of benzene rings is 1. The largest absolute Gasteiger partial charge is 0.478 e. The van der Waals surface area contributed by atoms with E-state index in [1.54, 1.807) is 0 Å². The molecule has 7 heteroatoms. The van der Waals surface area contributed by atoms with E-state index < -0.39 is 18.7 Å². The Kier molecular flexibility index (Phi) is 4.36. The SMILES string of the molecule is O=C(O)c1ccc(CNCC(F)(F)F)cc1Cl. The topological polar surface area (TPSA) is 49.3 Å². The Hall–Kier alpha value is -1.27. The molecule has 0 unspecified atom stereocenters. The number of carboxylic acids is 1. The van der Waals surface area contributed by atoms with Gasteiger partial charge in [-0.15, -0.1) is 0 Å². The van der Waals surface area contributed by atoms with Crippen LogP contribution in [0.5, 0.6) is 0 Å². The third-order valence-electron chi connectivity index (χ3n) is 1.92. The number of hydrogen-bond donors (Lipinski definition) is 2. The minimum Gasteiger partial charge on any atom is -0.478 e. The molecule has 0 atom stereocenters. The van der Waals surface area contributed by atoms with Crippen molar-refractivity contribution in [3.63, 3.8) is 0 Å². The molecule has 1 aromatic carbocycles. The Morgan fingerprint density at radius 1 is 1.41 bits per heavy atom. The molecule has 0 saturated carbocycles. The van der Waals surface area contributed by atoms with E-state index in [9.17, 15) is 18.0 Å². The van der Waals surface area contributed by atoms with Crippen molar-refractivity contribution in [3.8, 4) is 0 Å². The van der Waals surface area contributed by atoms with Gasteiger partial charge in [0.1, 0.15) is 0 Å². The monoisotopic (exact) mass is 267 g/mol. The number of carbonyl (C=O) groups is 1. The lowest BCUT2D eigenvalue weighted by atomic mass is 10.1. The Morgan fingerprint density at radius 2 is 2.06 bits per heavy atom. The van der Waals surface area contributed by atoms with Crippen LogP contribution in [-0.4, -0.2) is 23.8 Å². The van der Waals surface area contributed by atoms with Crippen LogP contribution >= 0.6 is 11.6 Å². The minimum absolute atomic E-state index is 0.00353. The molecule has 0 radical (unpaired) electrons. The number of carboxylic acid groups (broad SMARTS) is 1. The van der Waals surface area contributed by atoms with Crippen molar-refractivity contribution in [2.45, 2.75) is 12.7 Å². The first-order chi connectivity index (χ1) is 7.79. The lowest BCUT2D eigenvalue weighted by Gasteiger charge is -2.08. The van der Waals surface area contributed by atoms with Crippen LogP contribution in [0.2, 0.25) is 5.02 Å². The Balaban J connectivity index is 2.62. The van der Waals surface area contributed by atoms with Gasteiger partial charge >= 0.3 is 12.1 Å². The van der Waals surface area contributed by atoms with Crippen LogP contribution in [0.3, 0.4) is 0 Å². The van der Waals surface area contributed by atoms with Crippen LogP contribution in [0.1, 0.15) is 15.9 Å². The molecule has 0 aliphatic rings. The van der Waals surface area contributed by atoms with E-state index in [1.165, 1.54) is 18.2 Å². The van der Waals surface area contributed by atoms with Crippen LogP contribution in [-0.2, 0) is 6.54 Å². The second-order valence-corrected chi connectivity index (χ2v) is 3.75. The predicted molar refractivity (Wildman–Crippen MR) is 56.2 cm³/mol. The van der Waals surface area contributed by atoms with E-state index in [1.807, 2.05) is 0 Å². The highest BCUT2D eigenvalue weighted by Crippen LogP contribution is 2.18. The van der Waals surface area contributed by atoms with Crippen LogP contribution in [0, 0.1) is 0 Å². The maximum atomic E-state index is 11.8. The van der Waals surface area contributed by atoms with E-state index in [4.69, 9.17) is 16.7 Å². The lowest BCUT2D eigenvalue weighted by molar-refractivity contribution is -0.125. The Bertz CT molecular complexity index is 421. The molecule has 0 saturated heterocycles. The van der Waals surface area contributed by atoms with Crippen molar-refractivity contribution in [2.75, 3.05) is 6.54 Å². The van der Waals surface area contributed by atoms with Crippen LogP contribution in [0.4, 0.5) is 13.2 Å². The van der Waals surface area contributed by atoms with Gasteiger partial charge in [0, 0.05) is 6.54 Å². The maximum Gasteiger partial charge on any atom is 0.401 e. The highest BCUT2D eigenvalue weighted by atomic mass is 35.5. The fraction of sp³-hybridized carbons (Fsp3) is 0.300. The zero-order valence-electron chi connectivity index (χ0n) is 8.51. The Labute approximate surface area is 100 Å². The van der Waals surface area contributed by atoms with Crippen molar-refractivity contribution in [2.24, 2.45) is 0 Å². The van der Waals surface area contributed by atoms with Crippen LogP contribution in [0.25, 0.3) is 0 Å². The van der Waals surface area contributed by atoms with Gasteiger partial charge in [-0.3, -0.25) is 0 Å². The van der Waals surface area contributed by atoms with Crippen molar-refractivity contribution in [1.82, 2.24) is 5.32 Å². The van der Waals surface area contributed by atoms with Gasteiger partial charge in [-0.25, -0.2) is 4.79 Å². The van der Waals surface area contributed by atoms with Gasteiger partial charge in [0.15, 0.2) is 0 Å². The van der Waals surface area contributed by atoms with Gasteiger partial charge in [-0.2, -0.15) is 13.2 Å². The third-order valence-corrected chi connectivity index (χ3v) is 2.23. The van der Waals surface area contributed by atoms with Gasteiger partial charge in [0.2, 0.25) is 0 Å². The van der Waals surface area contributed by atoms with Crippen LogP contribution < -0.4 is 5.32 Å². The molecule has 94 valence electrons. The molecule has 1 rings (SSSR count). The number of alkyl halides is 3. The van der Waals surface area contributed by atoms with Gasteiger partial charge in [-0.05, 0) is 17.7 Å². The quantitative estimate of drug-likeness (QED) is 0.882. The predicted octanol–water partition coefficient (Wildman–Crippen LogP) is 2.69. The maximum absolute atomic E-state index is 11.8. The summed E-state index contributed by atoms with van der Waals surface area (Å²) in [5, 5.41) is 10.9. The summed E-state index contributed by atoms with van der Waals surface area (Å²) in [5.74, 6) is -1.18. The van der Waals surface area contributed by atoms with Gasteiger partial charge in [0.05, 0.1) is 17.1 Å². The summed E-state index contributed by atoms with van der Waals surface area (Å²) in [5.41, 5.74) is 0.412. The van der Waals surface area contributed by atoms with Crippen molar-refractivity contribution in [1.29, 1.82) is 0 Å². The highest BCUT2D eigenvalue weighted by Gasteiger charge is 2.26. The van der Waals surface area contributed by atoms with Gasteiger partial charge < -0.3 is 10.4 Å². The first kappa shape index (κ1) is 13.8. The van der Waals surface area contributed by atoms with E-state index in [0.29, 0.717) is 5.56 Å². The van der Waals surface area contributed by atoms with E-state index in [2.05, 4.69) is 5.32 Å². The average molecular weight is 268 g/mol. The standard InChI is InChI=1S/C10H9ClF3NO2/c11-8-3-6(1-2-7(8)9(16)17)4-15-5-10(12,13)14/h1-3,15H,4-5H2,(H,16,17). The lowest BCUT2D eigenvalue weighted by Crippen LogP contribution is -2.28. The molecular weight excluding hydrogens is 259 g/mol. The average Bonchev–Trinajstić information content (AvgIpc) is 2.15. The number of aromatic carboxylic acids is 1. The summed E-state index contributed by atoms with van der Waals surface area (Å²) in [6.45, 7) is -1.13. The summed E-state index contributed by atoms with van der Waals surface area (Å²) >= 11 is 5.66. The van der Waals surface area contributed by atoms with Crippen molar-refractivity contribution in [3.05, 3.63) is 34.3 Å². The molecule has 17 heavy (non-hydrogen) atoms. The number of nitrogens with one attached hydrogen (secondary N) is 1. The first-order valence-electron chi connectivity index (χ1n) is 4.59. The van der Waals surface area contributed by atoms with E-state index in [0.717, 1.165) is 0 Å². The smallest absolute Gasteiger partial charge is 0.401 e. The van der Waals surface area contributed by atoms with Gasteiger partial charge in [0.25, 0.3) is 0 Å². The molecule has 0 aliphatic heterocycles. The second kappa shape index (κ2) is 5.37.